The molecule has 1 atom stereocenters. The van der Waals surface area contributed by atoms with Crippen molar-refractivity contribution in [3.05, 3.63) is 0 Å². The Hall–Kier alpha value is -0.530. The Bertz CT molecular complexity index is 337. The zero-order chi connectivity index (χ0) is 18.9. The van der Waals surface area contributed by atoms with Crippen molar-refractivity contribution in [2.24, 2.45) is 4.99 Å². The van der Waals surface area contributed by atoms with Gasteiger partial charge in [0.1, 0.15) is 0 Å². The molecule has 0 radical (unpaired) electrons. The van der Waals surface area contributed by atoms with Crippen LogP contribution in [0.4, 0.5) is 0 Å². The summed E-state index contributed by atoms with van der Waals surface area (Å²) < 4.78 is 0. The number of hydrogen-bond acceptors (Lipinski definition) is 2. The first kappa shape index (κ1) is 23.5. The van der Waals surface area contributed by atoms with Gasteiger partial charge in [-0.25, -0.2) is 0 Å². The van der Waals surface area contributed by atoms with Crippen LogP contribution in [-0.4, -0.2) is 29.9 Å². The van der Waals surface area contributed by atoms with E-state index in [0.717, 1.165) is 0 Å². The molecule has 0 fully saturated rings. The number of nitrogens with zero attached hydrogens (tertiary/aromatic N) is 2. The summed E-state index contributed by atoms with van der Waals surface area (Å²) >= 11 is 0. The molecule has 0 bridgehead atoms. The lowest BCUT2D eigenvalue weighted by atomic mass is 10.0. The molecule has 0 spiro atoms. The molecule has 0 saturated carbocycles. The Morgan fingerprint density at radius 2 is 1.15 bits per heavy atom. The largest absolute Gasteiger partial charge is 0.358 e. The van der Waals surface area contributed by atoms with E-state index < -0.39 is 0 Å². The van der Waals surface area contributed by atoms with Crippen molar-refractivity contribution < 1.29 is 0 Å². The van der Waals surface area contributed by atoms with E-state index in [1.165, 1.54) is 128 Å². The average molecular weight is 365 g/mol. The van der Waals surface area contributed by atoms with Gasteiger partial charge in [0.05, 0.1) is 11.9 Å². The maximum Gasteiger partial charge on any atom is 0.0962 e. The van der Waals surface area contributed by atoms with Crippen molar-refractivity contribution in [1.82, 2.24) is 4.90 Å². The number of rotatable bonds is 18. The van der Waals surface area contributed by atoms with Crippen molar-refractivity contribution in [2.45, 2.75) is 136 Å². The van der Waals surface area contributed by atoms with Crippen molar-refractivity contribution in [2.75, 3.05) is 13.1 Å². The van der Waals surface area contributed by atoms with Gasteiger partial charge in [0.15, 0.2) is 0 Å². The summed E-state index contributed by atoms with van der Waals surface area (Å²) in [7, 11) is 0. The van der Waals surface area contributed by atoms with E-state index in [4.69, 9.17) is 4.99 Å². The van der Waals surface area contributed by atoms with E-state index in [9.17, 15) is 0 Å². The third-order valence-corrected chi connectivity index (χ3v) is 5.93. The Balaban J connectivity index is 1.94. The van der Waals surface area contributed by atoms with Gasteiger partial charge in [0.2, 0.25) is 0 Å². The third kappa shape index (κ3) is 12.0. The molecule has 1 rings (SSSR count). The molecule has 1 heterocycles. The minimum absolute atomic E-state index is 0.587. The molecular formula is C24H48N2. The molecule has 0 aromatic heterocycles. The van der Waals surface area contributed by atoms with Crippen LogP contribution in [0.1, 0.15) is 130 Å². The lowest BCUT2D eigenvalue weighted by molar-refractivity contribution is 0.390. The second kappa shape index (κ2) is 16.6. The number of aliphatic imine (C=N–C) groups is 1. The van der Waals surface area contributed by atoms with Crippen LogP contribution in [0, 0.1) is 0 Å². The Morgan fingerprint density at radius 1 is 0.692 bits per heavy atom. The molecule has 0 amide bonds. The van der Waals surface area contributed by atoms with Crippen molar-refractivity contribution in [1.29, 1.82) is 0 Å². The van der Waals surface area contributed by atoms with Crippen LogP contribution in [-0.2, 0) is 0 Å². The van der Waals surface area contributed by atoms with Crippen LogP contribution < -0.4 is 0 Å². The Morgan fingerprint density at radius 3 is 1.69 bits per heavy atom. The van der Waals surface area contributed by atoms with Gasteiger partial charge in [-0.3, -0.25) is 4.99 Å². The van der Waals surface area contributed by atoms with Gasteiger partial charge in [0.25, 0.3) is 0 Å². The summed E-state index contributed by atoms with van der Waals surface area (Å²) in [5.74, 6) is 1.30. The van der Waals surface area contributed by atoms with E-state index in [0.29, 0.717) is 6.04 Å². The summed E-state index contributed by atoms with van der Waals surface area (Å²) in [5.41, 5.74) is 0. The van der Waals surface area contributed by atoms with Gasteiger partial charge in [-0.2, -0.15) is 0 Å². The highest BCUT2D eigenvalue weighted by atomic mass is 15.2. The minimum Gasteiger partial charge on any atom is -0.358 e. The quantitative estimate of drug-likeness (QED) is 0.227. The van der Waals surface area contributed by atoms with Gasteiger partial charge in [-0.05, 0) is 19.8 Å². The molecule has 0 saturated heterocycles. The van der Waals surface area contributed by atoms with E-state index >= 15 is 0 Å². The topological polar surface area (TPSA) is 15.6 Å². The van der Waals surface area contributed by atoms with Crippen LogP contribution in [0.15, 0.2) is 4.99 Å². The second-order valence-electron chi connectivity index (χ2n) is 8.51. The molecule has 2 nitrogen and oxygen atoms in total. The van der Waals surface area contributed by atoms with Gasteiger partial charge in [0, 0.05) is 13.1 Å². The third-order valence-electron chi connectivity index (χ3n) is 5.93. The zero-order valence-electron chi connectivity index (χ0n) is 18.4. The van der Waals surface area contributed by atoms with Crippen LogP contribution >= 0.6 is 0 Å². The highest BCUT2D eigenvalue weighted by molar-refractivity contribution is 5.81. The maximum atomic E-state index is 4.92. The minimum atomic E-state index is 0.587. The molecule has 0 N–H and O–H groups in total. The van der Waals surface area contributed by atoms with Gasteiger partial charge in [-0.1, -0.05) is 110 Å². The lowest BCUT2D eigenvalue weighted by Crippen LogP contribution is -2.28. The van der Waals surface area contributed by atoms with E-state index in [-0.39, 0.29) is 0 Å². The highest BCUT2D eigenvalue weighted by Gasteiger charge is 2.21. The lowest BCUT2D eigenvalue weighted by Gasteiger charge is -2.19. The van der Waals surface area contributed by atoms with E-state index in [2.05, 4.69) is 25.7 Å². The zero-order valence-corrected chi connectivity index (χ0v) is 18.4. The number of hydrogen-bond donors (Lipinski definition) is 0. The van der Waals surface area contributed by atoms with Crippen LogP contribution in [0.5, 0.6) is 0 Å². The molecule has 2 heteroatoms. The van der Waals surface area contributed by atoms with Gasteiger partial charge < -0.3 is 4.90 Å². The Kier molecular flexibility index (Phi) is 15.0. The fraction of sp³-hybridized carbons (Fsp3) is 0.958. The highest BCUT2D eigenvalue weighted by Crippen LogP contribution is 2.18. The Labute approximate surface area is 165 Å². The first-order valence-electron chi connectivity index (χ1n) is 12.1. The summed E-state index contributed by atoms with van der Waals surface area (Å²) in [6.07, 6.45) is 23.9. The van der Waals surface area contributed by atoms with Crippen molar-refractivity contribution in [3.63, 3.8) is 0 Å². The predicted octanol–water partition coefficient (Wildman–Crippen LogP) is 7.76. The maximum absolute atomic E-state index is 4.92. The van der Waals surface area contributed by atoms with Crippen LogP contribution in [0.25, 0.3) is 0 Å². The first-order chi connectivity index (χ1) is 12.8. The molecule has 1 aliphatic heterocycles. The number of unbranched alkanes of at least 4 members (excludes halogenated alkanes) is 14. The standard InChI is InChI=1S/C24H48N2/c1-4-6-8-10-12-14-16-18-20-24-22-26(23(3)25-24)21-19-17-15-13-11-9-7-5-2/h24H,4-22H2,1-3H3. The second-order valence-corrected chi connectivity index (χ2v) is 8.51. The van der Waals surface area contributed by atoms with Crippen molar-refractivity contribution >= 4 is 5.84 Å². The summed E-state index contributed by atoms with van der Waals surface area (Å²) in [6, 6.07) is 0.587. The molecular weight excluding hydrogens is 316 g/mol. The fourth-order valence-electron chi connectivity index (χ4n) is 4.13. The molecule has 0 aromatic rings. The average Bonchev–Trinajstić information content (AvgIpc) is 2.99. The molecule has 0 aliphatic carbocycles. The molecule has 1 aliphatic rings. The fourth-order valence-corrected chi connectivity index (χ4v) is 4.13. The first-order valence-corrected chi connectivity index (χ1v) is 12.1. The summed E-state index contributed by atoms with van der Waals surface area (Å²) in [5, 5.41) is 0. The molecule has 1 unspecified atom stereocenters. The molecule has 26 heavy (non-hydrogen) atoms. The van der Waals surface area contributed by atoms with Crippen LogP contribution in [0.2, 0.25) is 0 Å². The monoisotopic (exact) mass is 364 g/mol. The predicted molar refractivity (Wildman–Crippen MR) is 118 cm³/mol. The van der Waals surface area contributed by atoms with Gasteiger partial charge >= 0.3 is 0 Å². The SMILES string of the molecule is CCCCCCCCCCC1CN(CCCCCCCCCC)C(C)=N1. The normalized spacial score (nSPS) is 17.1. The van der Waals surface area contributed by atoms with E-state index in [1.807, 2.05) is 0 Å². The van der Waals surface area contributed by atoms with Crippen molar-refractivity contribution in [3.8, 4) is 0 Å². The summed E-state index contributed by atoms with van der Waals surface area (Å²) in [6.45, 7) is 9.24. The van der Waals surface area contributed by atoms with Crippen LogP contribution in [0.3, 0.4) is 0 Å². The van der Waals surface area contributed by atoms with E-state index in [1.54, 1.807) is 0 Å². The smallest absolute Gasteiger partial charge is 0.0962 e. The van der Waals surface area contributed by atoms with Gasteiger partial charge in [-0.15, -0.1) is 0 Å². The summed E-state index contributed by atoms with van der Waals surface area (Å²) in [4.78, 5) is 7.47. The molecule has 154 valence electrons. The molecule has 0 aromatic carbocycles. The number of amidine groups is 1.